The highest BCUT2D eigenvalue weighted by Crippen LogP contribution is 2.18. The van der Waals surface area contributed by atoms with E-state index in [9.17, 15) is 24.0 Å². The van der Waals surface area contributed by atoms with Gasteiger partial charge in [0.2, 0.25) is 11.8 Å². The fourth-order valence-electron chi connectivity index (χ4n) is 3.89. The summed E-state index contributed by atoms with van der Waals surface area (Å²) in [5, 5.41) is 0. The molecule has 0 aliphatic carbocycles. The van der Waals surface area contributed by atoms with Gasteiger partial charge >= 0.3 is 0 Å². The van der Waals surface area contributed by atoms with Gasteiger partial charge in [0.15, 0.2) is 5.78 Å². The fourth-order valence-corrected chi connectivity index (χ4v) is 3.89. The molecule has 2 heterocycles. The SMILES string of the molecule is CC(=O)c1cc(C(=O)N2CCN(C(C)=O)CC2)cc(C(=O)N2CCN(C(C)=O)CC2)c1. The van der Waals surface area contributed by atoms with Crippen molar-refractivity contribution in [2.75, 3.05) is 52.4 Å². The quantitative estimate of drug-likeness (QED) is 0.653. The lowest BCUT2D eigenvalue weighted by atomic mass is 10.0. The molecule has 0 radical (unpaired) electrons. The third-order valence-electron chi connectivity index (χ3n) is 5.86. The number of piperazine rings is 2. The molecule has 9 nitrogen and oxygen atoms in total. The lowest BCUT2D eigenvalue weighted by Crippen LogP contribution is -2.50. The lowest BCUT2D eigenvalue weighted by Gasteiger charge is -2.35. The van der Waals surface area contributed by atoms with Crippen LogP contribution in [-0.4, -0.2) is 101 Å². The second-order valence-corrected chi connectivity index (χ2v) is 7.95. The number of hydrogen-bond donors (Lipinski definition) is 0. The third-order valence-corrected chi connectivity index (χ3v) is 5.86. The molecular formula is C22H28N4O5. The second kappa shape index (κ2) is 9.28. The van der Waals surface area contributed by atoms with E-state index in [1.165, 1.54) is 39.0 Å². The molecule has 0 aromatic heterocycles. The van der Waals surface area contributed by atoms with Crippen LogP contribution in [0, 0.1) is 0 Å². The van der Waals surface area contributed by atoms with Crippen LogP contribution >= 0.6 is 0 Å². The van der Waals surface area contributed by atoms with Gasteiger partial charge in [-0.2, -0.15) is 0 Å². The molecule has 2 saturated heterocycles. The van der Waals surface area contributed by atoms with Gasteiger partial charge in [-0.05, 0) is 25.1 Å². The summed E-state index contributed by atoms with van der Waals surface area (Å²) in [5.41, 5.74) is 0.878. The highest BCUT2D eigenvalue weighted by atomic mass is 16.2. The summed E-state index contributed by atoms with van der Waals surface area (Å²) < 4.78 is 0. The Balaban J connectivity index is 1.79. The summed E-state index contributed by atoms with van der Waals surface area (Å²) in [5.74, 6) is -0.804. The van der Waals surface area contributed by atoms with E-state index in [1.807, 2.05) is 0 Å². The van der Waals surface area contributed by atoms with Crippen LogP contribution in [0.2, 0.25) is 0 Å². The largest absolute Gasteiger partial charge is 0.339 e. The molecule has 2 fully saturated rings. The monoisotopic (exact) mass is 428 g/mol. The minimum absolute atomic E-state index is 0.0246. The molecule has 31 heavy (non-hydrogen) atoms. The van der Waals surface area contributed by atoms with E-state index in [1.54, 1.807) is 19.6 Å². The molecule has 0 N–H and O–H groups in total. The normalized spacial score (nSPS) is 16.9. The topological polar surface area (TPSA) is 98.3 Å². The van der Waals surface area contributed by atoms with Crippen molar-refractivity contribution in [3.63, 3.8) is 0 Å². The molecule has 2 aliphatic heterocycles. The Kier molecular flexibility index (Phi) is 6.72. The zero-order valence-electron chi connectivity index (χ0n) is 18.2. The Morgan fingerprint density at radius 1 is 0.516 bits per heavy atom. The van der Waals surface area contributed by atoms with E-state index in [0.717, 1.165) is 0 Å². The lowest BCUT2D eigenvalue weighted by molar-refractivity contribution is -0.131. The molecular weight excluding hydrogens is 400 g/mol. The Morgan fingerprint density at radius 2 is 0.806 bits per heavy atom. The number of ketones is 1. The zero-order chi connectivity index (χ0) is 22.7. The third kappa shape index (κ3) is 5.10. The van der Waals surface area contributed by atoms with Crippen molar-refractivity contribution < 1.29 is 24.0 Å². The van der Waals surface area contributed by atoms with Crippen molar-refractivity contribution in [3.8, 4) is 0 Å². The van der Waals surface area contributed by atoms with Gasteiger partial charge in [0.25, 0.3) is 11.8 Å². The van der Waals surface area contributed by atoms with Crippen molar-refractivity contribution in [1.82, 2.24) is 19.6 Å². The molecule has 0 unspecified atom stereocenters. The highest BCUT2D eigenvalue weighted by molar-refractivity contribution is 6.04. The van der Waals surface area contributed by atoms with Gasteiger partial charge < -0.3 is 19.6 Å². The summed E-state index contributed by atoms with van der Waals surface area (Å²) >= 11 is 0. The first kappa shape index (κ1) is 22.5. The number of nitrogens with zero attached hydrogens (tertiary/aromatic N) is 4. The predicted octanol–water partition coefficient (Wildman–Crippen LogP) is 0.498. The van der Waals surface area contributed by atoms with Gasteiger partial charge in [0, 0.05) is 82.9 Å². The number of carbonyl (C=O) groups is 5. The summed E-state index contributed by atoms with van der Waals surface area (Å²) in [6, 6.07) is 4.57. The van der Waals surface area contributed by atoms with Crippen LogP contribution in [-0.2, 0) is 9.59 Å². The van der Waals surface area contributed by atoms with Gasteiger partial charge in [-0.3, -0.25) is 24.0 Å². The maximum absolute atomic E-state index is 13.1. The Hall–Kier alpha value is -3.23. The molecule has 0 saturated carbocycles. The minimum Gasteiger partial charge on any atom is -0.339 e. The first-order valence-corrected chi connectivity index (χ1v) is 10.4. The van der Waals surface area contributed by atoms with E-state index in [0.29, 0.717) is 57.9 Å². The highest BCUT2D eigenvalue weighted by Gasteiger charge is 2.27. The zero-order valence-corrected chi connectivity index (χ0v) is 18.2. The molecule has 2 aliphatic rings. The number of amides is 4. The van der Waals surface area contributed by atoms with Crippen molar-refractivity contribution in [3.05, 3.63) is 34.9 Å². The van der Waals surface area contributed by atoms with Crippen LogP contribution in [0.1, 0.15) is 51.8 Å². The van der Waals surface area contributed by atoms with Crippen molar-refractivity contribution in [2.45, 2.75) is 20.8 Å². The predicted molar refractivity (Wildman–Crippen MR) is 113 cm³/mol. The number of hydrogen-bond acceptors (Lipinski definition) is 5. The molecule has 0 bridgehead atoms. The number of Topliss-reactive ketones (excluding diaryl/α,β-unsaturated/α-hetero) is 1. The Morgan fingerprint density at radius 3 is 1.10 bits per heavy atom. The van der Waals surface area contributed by atoms with E-state index < -0.39 is 0 Å². The maximum Gasteiger partial charge on any atom is 0.254 e. The van der Waals surface area contributed by atoms with Crippen LogP contribution in [0.5, 0.6) is 0 Å². The summed E-state index contributed by atoms with van der Waals surface area (Å²) in [6.45, 7) is 7.84. The molecule has 9 heteroatoms. The van der Waals surface area contributed by atoms with Gasteiger partial charge in [-0.15, -0.1) is 0 Å². The van der Waals surface area contributed by atoms with Gasteiger partial charge in [-0.1, -0.05) is 0 Å². The van der Waals surface area contributed by atoms with E-state index in [2.05, 4.69) is 0 Å². The average molecular weight is 428 g/mol. The van der Waals surface area contributed by atoms with Crippen LogP contribution in [0.15, 0.2) is 18.2 Å². The fraction of sp³-hybridized carbons (Fsp3) is 0.500. The second-order valence-electron chi connectivity index (χ2n) is 7.95. The van der Waals surface area contributed by atoms with E-state index in [4.69, 9.17) is 0 Å². The first-order valence-electron chi connectivity index (χ1n) is 10.4. The molecule has 166 valence electrons. The number of benzene rings is 1. The van der Waals surface area contributed by atoms with Crippen LogP contribution in [0.25, 0.3) is 0 Å². The van der Waals surface area contributed by atoms with Crippen molar-refractivity contribution >= 4 is 29.4 Å². The smallest absolute Gasteiger partial charge is 0.254 e. The van der Waals surface area contributed by atoms with Crippen molar-refractivity contribution in [2.24, 2.45) is 0 Å². The van der Waals surface area contributed by atoms with Gasteiger partial charge in [-0.25, -0.2) is 0 Å². The van der Waals surface area contributed by atoms with Gasteiger partial charge in [0.05, 0.1) is 0 Å². The standard InChI is InChI=1S/C22H28N4O5/c1-15(27)18-12-19(21(30)25-8-4-23(5-9-25)16(2)28)14-20(13-18)22(31)26-10-6-24(7-11-26)17(3)29/h12-14H,4-11H2,1-3H3. The van der Waals surface area contributed by atoms with Crippen LogP contribution < -0.4 is 0 Å². The summed E-state index contributed by atoms with van der Waals surface area (Å²) in [6.07, 6.45) is 0. The number of rotatable bonds is 3. The molecule has 4 amide bonds. The molecule has 1 aromatic carbocycles. The minimum atomic E-state index is -0.262. The van der Waals surface area contributed by atoms with E-state index in [-0.39, 0.29) is 40.5 Å². The van der Waals surface area contributed by atoms with Gasteiger partial charge in [0.1, 0.15) is 0 Å². The van der Waals surface area contributed by atoms with Crippen LogP contribution in [0.3, 0.4) is 0 Å². The van der Waals surface area contributed by atoms with E-state index >= 15 is 0 Å². The Labute approximate surface area is 181 Å². The summed E-state index contributed by atoms with van der Waals surface area (Å²) in [4.78, 5) is 67.8. The maximum atomic E-state index is 13.1. The first-order chi connectivity index (χ1) is 14.7. The van der Waals surface area contributed by atoms with Crippen LogP contribution in [0.4, 0.5) is 0 Å². The summed E-state index contributed by atoms with van der Waals surface area (Å²) in [7, 11) is 0. The molecule has 1 aromatic rings. The number of carbonyl (C=O) groups excluding carboxylic acids is 5. The average Bonchev–Trinajstić information content (AvgIpc) is 2.77. The molecule has 0 atom stereocenters. The molecule has 3 rings (SSSR count). The molecule has 0 spiro atoms. The Bertz CT molecular complexity index is 848. The van der Waals surface area contributed by atoms with Crippen molar-refractivity contribution in [1.29, 1.82) is 0 Å².